The van der Waals surface area contributed by atoms with Crippen molar-refractivity contribution in [3.8, 4) is 0 Å². The molecule has 2 heterocycles. The maximum Gasteiger partial charge on any atom is 0.414 e. The van der Waals surface area contributed by atoms with Gasteiger partial charge >= 0.3 is 6.09 Å². The predicted molar refractivity (Wildman–Crippen MR) is 104 cm³/mol. The van der Waals surface area contributed by atoms with E-state index in [0.717, 1.165) is 24.0 Å². The van der Waals surface area contributed by atoms with E-state index in [4.69, 9.17) is 4.74 Å². The number of nitrogens with one attached hydrogen (secondary N) is 2. The number of benzene rings is 2. The number of cyclic esters (lactones) is 1. The molecule has 1 aromatic heterocycles. The van der Waals surface area contributed by atoms with Gasteiger partial charge in [-0.3, -0.25) is 9.69 Å². The van der Waals surface area contributed by atoms with Crippen molar-refractivity contribution in [3.63, 3.8) is 0 Å². The Labute approximate surface area is 157 Å². The van der Waals surface area contributed by atoms with E-state index in [9.17, 15) is 9.59 Å². The van der Waals surface area contributed by atoms with Crippen molar-refractivity contribution in [3.05, 3.63) is 65.9 Å². The second-order valence-electron chi connectivity index (χ2n) is 6.53. The van der Waals surface area contributed by atoms with Gasteiger partial charge in [-0.1, -0.05) is 18.2 Å². The molecule has 3 aromatic rings. The Morgan fingerprint density at radius 3 is 2.74 bits per heavy atom. The van der Waals surface area contributed by atoms with Crippen molar-refractivity contribution in [1.29, 1.82) is 0 Å². The van der Waals surface area contributed by atoms with E-state index < -0.39 is 0 Å². The smallest absolute Gasteiger partial charge is 0.414 e. The number of aromatic nitrogens is 1. The quantitative estimate of drug-likeness (QED) is 0.659. The molecular formula is C21H21N3O3. The Bertz CT molecular complexity index is 962. The zero-order valence-corrected chi connectivity index (χ0v) is 14.9. The van der Waals surface area contributed by atoms with Crippen LogP contribution < -0.4 is 10.2 Å². The van der Waals surface area contributed by atoms with Crippen molar-refractivity contribution < 1.29 is 14.3 Å². The average molecular weight is 363 g/mol. The number of ether oxygens (including phenoxy) is 1. The molecule has 1 aliphatic rings. The standard InChI is InChI=1S/C21H21N3O3/c25-20(15-7-9-17(10-8-15)24-12-13-27-21(24)26)22-11-3-4-16-14-23-19-6-2-1-5-18(16)19/h1-2,5-10,14,23H,3-4,11-13H2,(H,22,25). The number of hydrogen-bond donors (Lipinski definition) is 2. The molecule has 0 bridgehead atoms. The fraction of sp³-hybridized carbons (Fsp3) is 0.238. The van der Waals surface area contributed by atoms with Crippen molar-refractivity contribution in [2.75, 3.05) is 24.6 Å². The van der Waals surface area contributed by atoms with Crippen LogP contribution in [0, 0.1) is 0 Å². The molecule has 0 atom stereocenters. The predicted octanol–water partition coefficient (Wildman–Crippen LogP) is 3.49. The van der Waals surface area contributed by atoms with Crippen molar-refractivity contribution in [1.82, 2.24) is 10.3 Å². The largest absolute Gasteiger partial charge is 0.447 e. The van der Waals surface area contributed by atoms with E-state index in [1.807, 2.05) is 18.3 Å². The number of carbonyl (C=O) groups excluding carboxylic acids is 2. The highest BCUT2D eigenvalue weighted by Gasteiger charge is 2.23. The van der Waals surface area contributed by atoms with Gasteiger partial charge in [0.1, 0.15) is 6.61 Å². The number of anilines is 1. The van der Waals surface area contributed by atoms with Crippen LogP contribution in [-0.2, 0) is 11.2 Å². The number of fused-ring (bicyclic) bond motifs is 1. The summed E-state index contributed by atoms with van der Waals surface area (Å²) in [6.45, 7) is 1.55. The van der Waals surface area contributed by atoms with Crippen molar-refractivity contribution >= 4 is 28.6 Å². The lowest BCUT2D eigenvalue weighted by molar-refractivity contribution is 0.0953. The number of H-pyrrole nitrogens is 1. The summed E-state index contributed by atoms with van der Waals surface area (Å²) >= 11 is 0. The summed E-state index contributed by atoms with van der Waals surface area (Å²) in [5, 5.41) is 4.19. The molecule has 0 saturated carbocycles. The molecule has 1 fully saturated rings. The van der Waals surface area contributed by atoms with Crippen LogP contribution in [0.15, 0.2) is 54.7 Å². The van der Waals surface area contributed by atoms with Gasteiger partial charge in [0.2, 0.25) is 0 Å². The van der Waals surface area contributed by atoms with Crippen LogP contribution in [0.25, 0.3) is 10.9 Å². The number of aryl methyl sites for hydroxylation is 1. The van der Waals surface area contributed by atoms with Gasteiger partial charge in [0.25, 0.3) is 5.91 Å². The van der Waals surface area contributed by atoms with Gasteiger partial charge in [-0.25, -0.2) is 4.79 Å². The average Bonchev–Trinajstić information content (AvgIpc) is 3.31. The summed E-state index contributed by atoms with van der Waals surface area (Å²) in [6, 6.07) is 15.2. The molecule has 0 radical (unpaired) electrons. The van der Waals surface area contributed by atoms with E-state index in [2.05, 4.69) is 22.4 Å². The lowest BCUT2D eigenvalue weighted by atomic mass is 10.1. The molecule has 6 heteroatoms. The summed E-state index contributed by atoms with van der Waals surface area (Å²) in [7, 11) is 0. The zero-order chi connectivity index (χ0) is 18.6. The van der Waals surface area contributed by atoms with E-state index in [1.165, 1.54) is 10.9 Å². The highest BCUT2D eigenvalue weighted by molar-refractivity contribution is 5.95. The molecule has 1 saturated heterocycles. The minimum Gasteiger partial charge on any atom is -0.447 e. The highest BCUT2D eigenvalue weighted by atomic mass is 16.6. The topological polar surface area (TPSA) is 74.4 Å². The third-order valence-corrected chi connectivity index (χ3v) is 4.79. The second kappa shape index (κ2) is 7.53. The SMILES string of the molecule is O=C(NCCCc1c[nH]c2ccccc12)c1ccc(N2CCOC2=O)cc1. The van der Waals surface area contributed by atoms with Crippen molar-refractivity contribution in [2.45, 2.75) is 12.8 Å². The first kappa shape index (κ1) is 17.1. The summed E-state index contributed by atoms with van der Waals surface area (Å²) in [4.78, 5) is 28.7. The number of aromatic amines is 1. The third-order valence-electron chi connectivity index (χ3n) is 4.79. The van der Waals surface area contributed by atoms with E-state index in [-0.39, 0.29) is 12.0 Å². The summed E-state index contributed by atoms with van der Waals surface area (Å²) in [5.74, 6) is -0.107. The van der Waals surface area contributed by atoms with Crippen LogP contribution in [0.3, 0.4) is 0 Å². The molecule has 0 spiro atoms. The van der Waals surface area contributed by atoms with E-state index in [0.29, 0.717) is 25.3 Å². The Morgan fingerprint density at radius 2 is 1.96 bits per heavy atom. The molecule has 2 amide bonds. The van der Waals surface area contributed by atoms with Gasteiger partial charge in [-0.15, -0.1) is 0 Å². The monoisotopic (exact) mass is 363 g/mol. The normalized spacial score (nSPS) is 13.8. The van der Waals surface area contributed by atoms with Gasteiger partial charge in [-0.2, -0.15) is 0 Å². The Morgan fingerprint density at radius 1 is 1.15 bits per heavy atom. The molecule has 6 nitrogen and oxygen atoms in total. The van der Waals surface area contributed by atoms with Crippen LogP contribution in [0.2, 0.25) is 0 Å². The first-order valence-corrected chi connectivity index (χ1v) is 9.10. The zero-order valence-electron chi connectivity index (χ0n) is 14.9. The Balaban J connectivity index is 1.28. The molecule has 0 unspecified atom stereocenters. The van der Waals surface area contributed by atoms with Crippen LogP contribution in [0.1, 0.15) is 22.3 Å². The number of amides is 2. The summed E-state index contributed by atoms with van der Waals surface area (Å²) < 4.78 is 4.93. The van der Waals surface area contributed by atoms with Crippen LogP contribution in [0.4, 0.5) is 10.5 Å². The lowest BCUT2D eigenvalue weighted by Crippen LogP contribution is -2.25. The molecule has 2 aromatic carbocycles. The molecule has 2 N–H and O–H groups in total. The van der Waals surface area contributed by atoms with Gasteiger partial charge in [0.05, 0.1) is 6.54 Å². The summed E-state index contributed by atoms with van der Waals surface area (Å²) in [6.07, 6.45) is 3.46. The van der Waals surface area contributed by atoms with E-state index in [1.54, 1.807) is 29.2 Å². The first-order valence-electron chi connectivity index (χ1n) is 9.10. The highest BCUT2D eigenvalue weighted by Crippen LogP contribution is 2.20. The Hall–Kier alpha value is -3.28. The third kappa shape index (κ3) is 3.65. The second-order valence-corrected chi connectivity index (χ2v) is 6.53. The van der Waals surface area contributed by atoms with Crippen LogP contribution >= 0.6 is 0 Å². The number of carbonyl (C=O) groups is 2. The molecule has 1 aliphatic heterocycles. The minimum atomic E-state index is -0.343. The number of rotatable bonds is 6. The molecule has 0 aliphatic carbocycles. The fourth-order valence-corrected chi connectivity index (χ4v) is 3.34. The number of hydrogen-bond acceptors (Lipinski definition) is 3. The van der Waals surface area contributed by atoms with Gasteiger partial charge < -0.3 is 15.0 Å². The molecule has 27 heavy (non-hydrogen) atoms. The van der Waals surface area contributed by atoms with Gasteiger partial charge in [-0.05, 0) is 48.7 Å². The molecule has 138 valence electrons. The van der Waals surface area contributed by atoms with Gasteiger partial charge in [0, 0.05) is 34.9 Å². The van der Waals surface area contributed by atoms with Crippen molar-refractivity contribution in [2.24, 2.45) is 0 Å². The van der Waals surface area contributed by atoms with Crippen LogP contribution in [-0.4, -0.2) is 36.7 Å². The maximum atomic E-state index is 12.3. The fourth-order valence-electron chi connectivity index (χ4n) is 3.34. The lowest BCUT2D eigenvalue weighted by Gasteiger charge is -2.13. The maximum absolute atomic E-state index is 12.3. The minimum absolute atomic E-state index is 0.107. The number of para-hydroxylation sites is 1. The Kier molecular flexibility index (Phi) is 4.78. The first-order chi connectivity index (χ1) is 13.2. The summed E-state index contributed by atoms with van der Waals surface area (Å²) in [5.41, 5.74) is 3.73. The number of nitrogens with zero attached hydrogens (tertiary/aromatic N) is 1. The molecule has 4 rings (SSSR count). The van der Waals surface area contributed by atoms with Gasteiger partial charge in [0.15, 0.2) is 0 Å². The van der Waals surface area contributed by atoms with E-state index >= 15 is 0 Å². The molecular weight excluding hydrogens is 342 g/mol. The van der Waals surface area contributed by atoms with Crippen LogP contribution in [0.5, 0.6) is 0 Å².